The van der Waals surface area contributed by atoms with E-state index in [1.807, 2.05) is 31.2 Å². The fraction of sp³-hybridized carbons (Fsp3) is 0.320. The van der Waals surface area contributed by atoms with E-state index in [0.717, 1.165) is 11.1 Å². The number of carbonyl (C=O) groups excluding carboxylic acids is 1. The van der Waals surface area contributed by atoms with E-state index in [0.29, 0.717) is 54.0 Å². The SMILES string of the molecule is C=C(Cn1cnc2ccccc2c1=O)NCCC(=O)NCCc1ccc(OC)c(OC)c1C. The quantitative estimate of drug-likeness (QED) is 0.466. The number of methoxy groups -OCH3 is 2. The summed E-state index contributed by atoms with van der Waals surface area (Å²) in [5, 5.41) is 6.61. The van der Waals surface area contributed by atoms with Gasteiger partial charge in [-0.2, -0.15) is 0 Å². The lowest BCUT2D eigenvalue weighted by atomic mass is 10.0. The van der Waals surface area contributed by atoms with Crippen LogP contribution >= 0.6 is 0 Å². The molecule has 0 aliphatic carbocycles. The Labute approximate surface area is 193 Å². The van der Waals surface area contributed by atoms with Crippen LogP contribution in [-0.4, -0.2) is 42.8 Å². The predicted octanol–water partition coefficient (Wildman–Crippen LogP) is 2.57. The molecule has 0 fully saturated rings. The smallest absolute Gasteiger partial charge is 0.261 e. The summed E-state index contributed by atoms with van der Waals surface area (Å²) < 4.78 is 12.2. The Bertz CT molecular complexity index is 1200. The summed E-state index contributed by atoms with van der Waals surface area (Å²) in [6.07, 6.45) is 2.51. The van der Waals surface area contributed by atoms with Crippen LogP contribution in [0.15, 0.2) is 59.8 Å². The Balaban J connectivity index is 1.42. The van der Waals surface area contributed by atoms with Crippen molar-refractivity contribution >= 4 is 16.8 Å². The van der Waals surface area contributed by atoms with E-state index in [2.05, 4.69) is 22.2 Å². The fourth-order valence-corrected chi connectivity index (χ4v) is 3.65. The van der Waals surface area contributed by atoms with Crippen LogP contribution in [0.5, 0.6) is 11.5 Å². The molecule has 174 valence electrons. The maximum absolute atomic E-state index is 12.6. The van der Waals surface area contributed by atoms with Crippen LogP contribution in [-0.2, 0) is 17.8 Å². The summed E-state index contributed by atoms with van der Waals surface area (Å²) in [7, 11) is 3.22. The minimum atomic E-state index is -0.119. The Kier molecular flexibility index (Phi) is 8.07. The van der Waals surface area contributed by atoms with Crippen molar-refractivity contribution in [3.63, 3.8) is 0 Å². The Morgan fingerprint density at radius 3 is 2.64 bits per heavy atom. The number of para-hydroxylation sites is 1. The molecule has 8 nitrogen and oxygen atoms in total. The second-order valence-electron chi connectivity index (χ2n) is 7.66. The van der Waals surface area contributed by atoms with Crippen molar-refractivity contribution < 1.29 is 14.3 Å². The Hall–Kier alpha value is -3.81. The molecule has 1 heterocycles. The molecular formula is C25H30N4O4. The number of nitrogens with zero attached hydrogens (tertiary/aromatic N) is 2. The first-order valence-electron chi connectivity index (χ1n) is 10.8. The second-order valence-corrected chi connectivity index (χ2v) is 7.66. The molecule has 33 heavy (non-hydrogen) atoms. The van der Waals surface area contributed by atoms with Gasteiger partial charge in [0.15, 0.2) is 11.5 Å². The van der Waals surface area contributed by atoms with Gasteiger partial charge >= 0.3 is 0 Å². The maximum atomic E-state index is 12.6. The van der Waals surface area contributed by atoms with E-state index in [-0.39, 0.29) is 18.0 Å². The summed E-state index contributed by atoms with van der Waals surface area (Å²) in [6, 6.07) is 11.1. The van der Waals surface area contributed by atoms with Crippen LogP contribution in [0.2, 0.25) is 0 Å². The van der Waals surface area contributed by atoms with E-state index in [1.54, 1.807) is 26.4 Å². The molecule has 0 radical (unpaired) electrons. The normalized spacial score (nSPS) is 10.6. The average molecular weight is 451 g/mol. The van der Waals surface area contributed by atoms with Crippen molar-refractivity contribution in [3.05, 3.63) is 76.5 Å². The number of benzene rings is 2. The summed E-state index contributed by atoms with van der Waals surface area (Å²) >= 11 is 0. The third-order valence-corrected chi connectivity index (χ3v) is 5.44. The lowest BCUT2D eigenvalue weighted by Crippen LogP contribution is -2.30. The van der Waals surface area contributed by atoms with Gasteiger partial charge in [-0.15, -0.1) is 0 Å². The van der Waals surface area contributed by atoms with Crippen molar-refractivity contribution in [2.45, 2.75) is 26.3 Å². The molecule has 1 aromatic heterocycles. The van der Waals surface area contributed by atoms with E-state index >= 15 is 0 Å². The first kappa shape index (κ1) is 23.8. The van der Waals surface area contributed by atoms with Crippen LogP contribution in [0.3, 0.4) is 0 Å². The van der Waals surface area contributed by atoms with Gasteiger partial charge in [-0.3, -0.25) is 14.2 Å². The van der Waals surface area contributed by atoms with E-state index in [4.69, 9.17) is 9.47 Å². The molecule has 0 spiro atoms. The van der Waals surface area contributed by atoms with Gasteiger partial charge in [-0.1, -0.05) is 24.8 Å². The van der Waals surface area contributed by atoms with E-state index < -0.39 is 0 Å². The van der Waals surface area contributed by atoms with Gasteiger partial charge in [0.2, 0.25) is 5.91 Å². The number of aromatic nitrogens is 2. The van der Waals surface area contributed by atoms with Gasteiger partial charge < -0.3 is 20.1 Å². The van der Waals surface area contributed by atoms with E-state index in [1.165, 1.54) is 10.9 Å². The van der Waals surface area contributed by atoms with Crippen LogP contribution in [0.1, 0.15) is 17.5 Å². The monoisotopic (exact) mass is 450 g/mol. The topological polar surface area (TPSA) is 94.5 Å². The fourth-order valence-electron chi connectivity index (χ4n) is 3.65. The zero-order valence-electron chi connectivity index (χ0n) is 19.3. The lowest BCUT2D eigenvalue weighted by Gasteiger charge is -2.14. The number of fused-ring (bicyclic) bond motifs is 1. The third kappa shape index (κ3) is 5.91. The number of ether oxygens (including phenoxy) is 2. The summed E-state index contributed by atoms with van der Waals surface area (Å²) in [4.78, 5) is 29.1. The van der Waals surface area contributed by atoms with Gasteiger partial charge in [0, 0.05) is 25.2 Å². The van der Waals surface area contributed by atoms with Gasteiger partial charge in [0.05, 0.1) is 38.0 Å². The van der Waals surface area contributed by atoms with Gasteiger partial charge in [0.1, 0.15) is 0 Å². The third-order valence-electron chi connectivity index (χ3n) is 5.44. The largest absolute Gasteiger partial charge is 0.493 e. The Morgan fingerprint density at radius 2 is 1.88 bits per heavy atom. The zero-order chi connectivity index (χ0) is 23.8. The van der Waals surface area contributed by atoms with Crippen molar-refractivity contribution in [1.82, 2.24) is 20.2 Å². The zero-order valence-corrected chi connectivity index (χ0v) is 19.3. The molecule has 0 unspecified atom stereocenters. The molecule has 0 aliphatic heterocycles. The van der Waals surface area contributed by atoms with Gasteiger partial charge in [-0.25, -0.2) is 4.98 Å². The van der Waals surface area contributed by atoms with Crippen molar-refractivity contribution in [2.75, 3.05) is 27.3 Å². The number of allylic oxidation sites excluding steroid dienone is 1. The number of carbonyl (C=O) groups is 1. The second kappa shape index (κ2) is 11.2. The molecule has 0 bridgehead atoms. The van der Waals surface area contributed by atoms with Crippen molar-refractivity contribution in [3.8, 4) is 11.5 Å². The first-order valence-corrected chi connectivity index (χ1v) is 10.8. The lowest BCUT2D eigenvalue weighted by molar-refractivity contribution is -0.120. The number of rotatable bonds is 11. The summed E-state index contributed by atoms with van der Waals surface area (Å²) in [6.45, 7) is 7.17. The number of hydrogen-bond donors (Lipinski definition) is 2. The Morgan fingerprint density at radius 1 is 1.09 bits per heavy atom. The molecule has 0 saturated heterocycles. The molecule has 8 heteroatoms. The molecule has 1 amide bonds. The van der Waals surface area contributed by atoms with Crippen molar-refractivity contribution in [1.29, 1.82) is 0 Å². The molecule has 2 aromatic carbocycles. The minimum absolute atomic E-state index is 0.0574. The molecule has 0 atom stereocenters. The number of nitrogens with one attached hydrogen (secondary N) is 2. The van der Waals surface area contributed by atoms with Crippen LogP contribution in [0, 0.1) is 6.92 Å². The summed E-state index contributed by atoms with van der Waals surface area (Å²) in [5.41, 5.74) is 3.28. The standard InChI is InChI=1S/C25H30N4O4/c1-17(15-29-16-28-21-8-6-5-7-20(21)25(29)31)26-14-12-23(30)27-13-11-19-9-10-22(32-3)24(33-4)18(19)2/h5-10,16,26H,1,11-15H2,2-4H3,(H,27,30). The molecule has 0 aliphatic rings. The number of amides is 1. The van der Waals surface area contributed by atoms with E-state index in [9.17, 15) is 9.59 Å². The highest BCUT2D eigenvalue weighted by Gasteiger charge is 2.11. The highest BCUT2D eigenvalue weighted by Crippen LogP contribution is 2.32. The predicted molar refractivity (Wildman–Crippen MR) is 129 cm³/mol. The average Bonchev–Trinajstić information content (AvgIpc) is 2.82. The molecule has 0 saturated carbocycles. The van der Waals surface area contributed by atoms with Crippen LogP contribution in [0.4, 0.5) is 0 Å². The van der Waals surface area contributed by atoms with Crippen LogP contribution in [0.25, 0.3) is 10.9 Å². The molecular weight excluding hydrogens is 420 g/mol. The molecule has 3 rings (SSSR count). The maximum Gasteiger partial charge on any atom is 0.261 e. The highest BCUT2D eigenvalue weighted by molar-refractivity contribution is 5.77. The minimum Gasteiger partial charge on any atom is -0.493 e. The highest BCUT2D eigenvalue weighted by atomic mass is 16.5. The molecule has 3 aromatic rings. The molecule has 2 N–H and O–H groups in total. The summed E-state index contributed by atoms with van der Waals surface area (Å²) in [5.74, 6) is 1.35. The van der Waals surface area contributed by atoms with Gasteiger partial charge in [0.25, 0.3) is 5.56 Å². The van der Waals surface area contributed by atoms with Gasteiger partial charge in [-0.05, 0) is 42.7 Å². The number of hydrogen-bond acceptors (Lipinski definition) is 6. The van der Waals surface area contributed by atoms with Crippen LogP contribution < -0.4 is 25.7 Å². The van der Waals surface area contributed by atoms with Crippen molar-refractivity contribution in [2.24, 2.45) is 0 Å². The first-order chi connectivity index (χ1) is 15.9.